The number of hydrogen-bond donors (Lipinski definition) is 1. The van der Waals surface area contributed by atoms with E-state index in [0.29, 0.717) is 5.56 Å². The van der Waals surface area contributed by atoms with E-state index in [4.69, 9.17) is 5.11 Å². The van der Waals surface area contributed by atoms with Crippen LogP contribution in [0.1, 0.15) is 10.4 Å². The van der Waals surface area contributed by atoms with Crippen LogP contribution in [0, 0.1) is 0 Å². The Balaban J connectivity index is 2.02. The second-order valence-corrected chi connectivity index (χ2v) is 5.26. The quantitative estimate of drug-likeness (QED) is 0.770. The van der Waals surface area contributed by atoms with Crippen LogP contribution in [0.25, 0.3) is 22.0 Å². The highest BCUT2D eigenvalue weighted by Crippen LogP contribution is 2.32. The Labute approximate surface area is 134 Å². The van der Waals surface area contributed by atoms with Gasteiger partial charge in [0.2, 0.25) is 0 Å². The van der Waals surface area contributed by atoms with E-state index in [2.05, 4.69) is 4.74 Å². The lowest BCUT2D eigenvalue weighted by Crippen LogP contribution is -2.16. The first-order valence-corrected chi connectivity index (χ1v) is 6.93. The number of hydrogen-bond acceptors (Lipinski definition) is 2. The number of aromatic nitrogens is 1. The van der Waals surface area contributed by atoms with Crippen LogP contribution in [0.4, 0.5) is 13.2 Å². The van der Waals surface area contributed by atoms with Gasteiger partial charge in [-0.15, -0.1) is 13.2 Å². The van der Waals surface area contributed by atoms with Crippen LogP contribution in [0.2, 0.25) is 0 Å². The summed E-state index contributed by atoms with van der Waals surface area (Å²) < 4.78 is 42.2. The molecule has 0 atom stereocenters. The average Bonchev–Trinajstić information content (AvgIpc) is 2.83. The van der Waals surface area contributed by atoms with E-state index in [-0.39, 0.29) is 11.3 Å². The van der Waals surface area contributed by atoms with Crippen LogP contribution in [-0.2, 0) is 7.05 Å². The van der Waals surface area contributed by atoms with E-state index in [9.17, 15) is 18.0 Å². The molecule has 3 rings (SSSR count). The molecule has 1 aromatic heterocycles. The van der Waals surface area contributed by atoms with E-state index in [1.165, 1.54) is 30.3 Å². The van der Waals surface area contributed by atoms with Crippen LogP contribution in [0.3, 0.4) is 0 Å². The number of fused-ring (bicyclic) bond motifs is 1. The van der Waals surface area contributed by atoms with E-state index in [0.717, 1.165) is 16.5 Å². The number of rotatable bonds is 3. The molecule has 0 radical (unpaired) electrons. The number of ether oxygens (including phenoxy) is 1. The molecule has 4 nitrogen and oxygen atoms in total. The highest BCUT2D eigenvalue weighted by atomic mass is 19.4. The van der Waals surface area contributed by atoms with Gasteiger partial charge in [-0.05, 0) is 29.8 Å². The monoisotopic (exact) mass is 335 g/mol. The van der Waals surface area contributed by atoms with Crippen LogP contribution < -0.4 is 4.74 Å². The summed E-state index contributed by atoms with van der Waals surface area (Å²) in [4.78, 5) is 11.1. The Morgan fingerprint density at radius 2 is 1.79 bits per heavy atom. The molecular formula is C17H12F3NO3. The second kappa shape index (κ2) is 5.59. The van der Waals surface area contributed by atoms with Gasteiger partial charge >= 0.3 is 12.3 Å². The molecule has 7 heteroatoms. The Morgan fingerprint density at radius 3 is 2.38 bits per heavy atom. The second-order valence-electron chi connectivity index (χ2n) is 5.26. The number of carbonyl (C=O) groups is 1. The molecule has 0 bridgehead atoms. The minimum Gasteiger partial charge on any atom is -0.478 e. The van der Waals surface area contributed by atoms with Crippen LogP contribution >= 0.6 is 0 Å². The zero-order chi connectivity index (χ0) is 17.5. The summed E-state index contributed by atoms with van der Waals surface area (Å²) in [5.41, 5.74) is 2.39. The number of halogens is 3. The number of nitrogens with zero attached hydrogens (tertiary/aromatic N) is 1. The minimum absolute atomic E-state index is 0.171. The summed E-state index contributed by atoms with van der Waals surface area (Å²) in [5.74, 6) is -1.31. The predicted octanol–water partition coefficient (Wildman–Crippen LogP) is 4.44. The molecule has 1 heterocycles. The Kier molecular flexibility index (Phi) is 3.71. The average molecular weight is 335 g/mol. The Morgan fingerprint density at radius 1 is 1.12 bits per heavy atom. The smallest absolute Gasteiger partial charge is 0.478 e. The summed E-state index contributed by atoms with van der Waals surface area (Å²) in [6.07, 6.45) is -2.93. The molecule has 0 saturated heterocycles. The third kappa shape index (κ3) is 3.05. The fraction of sp³-hybridized carbons (Fsp3) is 0.118. The van der Waals surface area contributed by atoms with Gasteiger partial charge in [0, 0.05) is 29.7 Å². The van der Waals surface area contributed by atoms with Crippen molar-refractivity contribution >= 4 is 16.9 Å². The maximum atomic E-state index is 12.2. The van der Waals surface area contributed by atoms with Crippen molar-refractivity contribution in [3.8, 4) is 16.9 Å². The van der Waals surface area contributed by atoms with Crippen molar-refractivity contribution in [2.45, 2.75) is 6.36 Å². The third-order valence-corrected chi connectivity index (χ3v) is 3.64. The first kappa shape index (κ1) is 15.9. The van der Waals surface area contributed by atoms with Crippen molar-refractivity contribution in [1.29, 1.82) is 0 Å². The van der Waals surface area contributed by atoms with Crippen molar-refractivity contribution in [2.75, 3.05) is 0 Å². The Bertz CT molecular complexity index is 911. The summed E-state index contributed by atoms with van der Waals surface area (Å²) in [5, 5.41) is 9.88. The molecule has 0 aliphatic heterocycles. The molecule has 0 aliphatic carbocycles. The predicted molar refractivity (Wildman–Crippen MR) is 82.0 cm³/mol. The largest absolute Gasteiger partial charge is 0.573 e. The number of aromatic carboxylic acids is 1. The van der Waals surface area contributed by atoms with E-state index in [1.807, 2.05) is 0 Å². The van der Waals surface area contributed by atoms with Crippen molar-refractivity contribution in [3.05, 3.63) is 54.2 Å². The molecule has 0 saturated carbocycles. The summed E-state index contributed by atoms with van der Waals surface area (Å²) >= 11 is 0. The van der Waals surface area contributed by atoms with Crippen LogP contribution in [-0.4, -0.2) is 22.0 Å². The summed E-state index contributed by atoms with van der Waals surface area (Å²) in [6, 6.07) is 10.3. The van der Waals surface area contributed by atoms with Crippen molar-refractivity contribution in [1.82, 2.24) is 4.57 Å². The highest BCUT2D eigenvalue weighted by Gasteiger charge is 2.31. The zero-order valence-electron chi connectivity index (χ0n) is 12.5. The molecule has 0 fully saturated rings. The number of carboxylic acids is 1. The lowest BCUT2D eigenvalue weighted by Gasteiger charge is -2.09. The van der Waals surface area contributed by atoms with Crippen LogP contribution in [0.15, 0.2) is 48.7 Å². The van der Waals surface area contributed by atoms with E-state index >= 15 is 0 Å². The topological polar surface area (TPSA) is 51.5 Å². The molecule has 2 aromatic carbocycles. The van der Waals surface area contributed by atoms with E-state index < -0.39 is 12.3 Å². The molecule has 1 N–H and O–H groups in total. The van der Waals surface area contributed by atoms with Crippen LogP contribution in [0.5, 0.6) is 5.75 Å². The third-order valence-electron chi connectivity index (χ3n) is 3.64. The normalized spacial score (nSPS) is 11.7. The number of carboxylic acid groups (broad SMARTS) is 1. The van der Waals surface area contributed by atoms with Gasteiger partial charge in [0.05, 0.1) is 5.56 Å². The summed E-state index contributed by atoms with van der Waals surface area (Å²) in [7, 11) is 1.78. The highest BCUT2D eigenvalue weighted by molar-refractivity contribution is 6.00. The van der Waals surface area contributed by atoms with Gasteiger partial charge in [-0.3, -0.25) is 0 Å². The van der Waals surface area contributed by atoms with Gasteiger partial charge in [-0.25, -0.2) is 4.79 Å². The van der Waals surface area contributed by atoms with Gasteiger partial charge in [0.1, 0.15) is 5.75 Å². The van der Waals surface area contributed by atoms with Gasteiger partial charge in [-0.2, -0.15) is 0 Å². The lowest BCUT2D eigenvalue weighted by atomic mass is 10.0. The van der Waals surface area contributed by atoms with Gasteiger partial charge in [-0.1, -0.05) is 18.2 Å². The molecular weight excluding hydrogens is 323 g/mol. The minimum atomic E-state index is -4.73. The van der Waals surface area contributed by atoms with E-state index in [1.54, 1.807) is 29.9 Å². The molecule has 124 valence electrons. The maximum Gasteiger partial charge on any atom is 0.573 e. The first-order chi connectivity index (χ1) is 11.2. The molecule has 0 aliphatic rings. The zero-order valence-corrected chi connectivity index (χ0v) is 12.5. The van der Waals surface area contributed by atoms with Gasteiger partial charge < -0.3 is 14.4 Å². The SMILES string of the molecule is Cn1cc(-c2ccc(OC(F)(F)F)cc2)c2ccc(C(=O)O)cc21. The fourth-order valence-corrected chi connectivity index (χ4v) is 2.58. The molecule has 0 unspecified atom stereocenters. The van der Waals surface area contributed by atoms with Crippen molar-refractivity contribution in [3.63, 3.8) is 0 Å². The molecule has 24 heavy (non-hydrogen) atoms. The van der Waals surface area contributed by atoms with Crippen molar-refractivity contribution in [2.24, 2.45) is 7.05 Å². The standard InChI is InChI=1S/C17H12F3NO3/c1-21-9-14(13-7-4-11(16(22)23)8-15(13)21)10-2-5-12(6-3-10)24-17(18,19)20/h2-9H,1H3,(H,22,23). The fourth-order valence-electron chi connectivity index (χ4n) is 2.58. The molecule has 3 aromatic rings. The Hall–Kier alpha value is -2.96. The number of benzene rings is 2. The number of aryl methyl sites for hydroxylation is 1. The maximum absolute atomic E-state index is 12.2. The molecule has 0 amide bonds. The molecule has 0 spiro atoms. The first-order valence-electron chi connectivity index (χ1n) is 6.93. The van der Waals surface area contributed by atoms with Crippen molar-refractivity contribution < 1.29 is 27.8 Å². The lowest BCUT2D eigenvalue weighted by molar-refractivity contribution is -0.274. The summed E-state index contributed by atoms with van der Waals surface area (Å²) in [6.45, 7) is 0. The van der Waals surface area contributed by atoms with Gasteiger partial charge in [0.25, 0.3) is 0 Å². The number of alkyl halides is 3. The van der Waals surface area contributed by atoms with Gasteiger partial charge in [0.15, 0.2) is 0 Å².